The zero-order valence-corrected chi connectivity index (χ0v) is 12.4. The van der Waals surface area contributed by atoms with Gasteiger partial charge >= 0.3 is 0 Å². The molecule has 1 atom stereocenters. The van der Waals surface area contributed by atoms with Crippen molar-refractivity contribution >= 4 is 0 Å². The quantitative estimate of drug-likeness (QED) is 0.727. The summed E-state index contributed by atoms with van der Waals surface area (Å²) in [5.74, 6) is 0. The number of nitrogens with one attached hydrogen (secondary N) is 1. The first kappa shape index (κ1) is 15.2. The normalized spacial score (nSPS) is 13.2. The highest BCUT2D eigenvalue weighted by Crippen LogP contribution is 2.09. The third-order valence-electron chi connectivity index (χ3n) is 3.35. The lowest BCUT2D eigenvalue weighted by atomic mass is 10.1. The summed E-state index contributed by atoms with van der Waals surface area (Å²) in [6.45, 7) is 9.96. The van der Waals surface area contributed by atoms with Crippen LogP contribution in [0.4, 0.5) is 0 Å². The third kappa shape index (κ3) is 5.21. The van der Waals surface area contributed by atoms with Crippen LogP contribution in [0.5, 0.6) is 0 Å². The summed E-state index contributed by atoms with van der Waals surface area (Å²) in [6.07, 6.45) is 8.11. The summed E-state index contributed by atoms with van der Waals surface area (Å²) in [5, 5.41) is 8.19. The molecule has 18 heavy (non-hydrogen) atoms. The molecule has 0 aliphatic carbocycles. The van der Waals surface area contributed by atoms with Gasteiger partial charge in [0.05, 0.1) is 5.69 Å². The van der Waals surface area contributed by atoms with Gasteiger partial charge in [-0.3, -0.25) is 4.68 Å². The Balaban J connectivity index is 2.26. The molecule has 0 aliphatic heterocycles. The fourth-order valence-corrected chi connectivity index (χ4v) is 2.13. The largest absolute Gasteiger partial charge is 0.314 e. The van der Waals surface area contributed by atoms with Gasteiger partial charge in [-0.05, 0) is 58.6 Å². The fourth-order valence-electron chi connectivity index (χ4n) is 2.13. The molecular weight excluding hydrogens is 222 g/mol. The second-order valence-corrected chi connectivity index (χ2v) is 5.33. The van der Waals surface area contributed by atoms with E-state index in [2.05, 4.69) is 50.4 Å². The van der Waals surface area contributed by atoms with Crippen LogP contribution in [0.1, 0.15) is 65.1 Å². The maximum atomic E-state index is 4.59. The van der Waals surface area contributed by atoms with Crippen molar-refractivity contribution in [2.24, 2.45) is 0 Å². The molecule has 1 N–H and O–H groups in total. The molecule has 1 unspecified atom stereocenters. The number of aromatic nitrogens is 2. The zero-order valence-electron chi connectivity index (χ0n) is 12.4. The monoisotopic (exact) mass is 251 g/mol. The molecule has 0 bridgehead atoms. The summed E-state index contributed by atoms with van der Waals surface area (Å²) in [7, 11) is 0. The van der Waals surface area contributed by atoms with Crippen LogP contribution in [-0.4, -0.2) is 22.4 Å². The van der Waals surface area contributed by atoms with Gasteiger partial charge in [0, 0.05) is 18.3 Å². The second-order valence-electron chi connectivity index (χ2n) is 5.33. The van der Waals surface area contributed by atoms with Crippen molar-refractivity contribution in [3.05, 3.63) is 18.0 Å². The maximum absolute atomic E-state index is 4.59. The van der Waals surface area contributed by atoms with E-state index in [4.69, 9.17) is 0 Å². The van der Waals surface area contributed by atoms with Crippen molar-refractivity contribution in [1.29, 1.82) is 0 Å². The van der Waals surface area contributed by atoms with Crippen molar-refractivity contribution < 1.29 is 0 Å². The summed E-state index contributed by atoms with van der Waals surface area (Å²) in [4.78, 5) is 0. The van der Waals surface area contributed by atoms with Crippen molar-refractivity contribution in [2.45, 2.75) is 71.9 Å². The second kappa shape index (κ2) is 8.30. The minimum absolute atomic E-state index is 0.466. The highest BCUT2D eigenvalue weighted by atomic mass is 15.3. The Bertz CT molecular complexity index is 317. The van der Waals surface area contributed by atoms with Crippen LogP contribution in [0.3, 0.4) is 0 Å². The van der Waals surface area contributed by atoms with Gasteiger partial charge in [-0.1, -0.05) is 13.8 Å². The molecule has 0 saturated heterocycles. The maximum Gasteiger partial charge on any atom is 0.0624 e. The Hall–Kier alpha value is -0.830. The number of aryl methyl sites for hydroxylation is 1. The molecule has 104 valence electrons. The molecule has 1 heterocycles. The van der Waals surface area contributed by atoms with Gasteiger partial charge in [0.25, 0.3) is 0 Å². The SMILES string of the molecule is CCCNC(CC)CCCc1ccn(C(C)C)n1. The fraction of sp³-hybridized carbons (Fsp3) is 0.800. The molecule has 0 saturated carbocycles. The van der Waals surface area contributed by atoms with E-state index in [1.54, 1.807) is 0 Å². The standard InChI is InChI=1S/C15H29N3/c1-5-11-16-14(6-2)8-7-9-15-10-12-18(17-15)13(3)4/h10,12-14,16H,5-9,11H2,1-4H3. The van der Waals surface area contributed by atoms with Crippen LogP contribution in [-0.2, 0) is 6.42 Å². The van der Waals surface area contributed by atoms with E-state index in [-0.39, 0.29) is 0 Å². The van der Waals surface area contributed by atoms with Gasteiger partial charge in [-0.25, -0.2) is 0 Å². The van der Waals surface area contributed by atoms with Crippen LogP contribution in [0, 0.1) is 0 Å². The van der Waals surface area contributed by atoms with Crippen molar-refractivity contribution in [1.82, 2.24) is 15.1 Å². The lowest BCUT2D eigenvalue weighted by Crippen LogP contribution is -2.29. The van der Waals surface area contributed by atoms with Gasteiger partial charge in [0.1, 0.15) is 0 Å². The predicted octanol–water partition coefficient (Wildman–Crippen LogP) is 3.56. The van der Waals surface area contributed by atoms with Crippen LogP contribution in [0.25, 0.3) is 0 Å². The molecule has 0 spiro atoms. The van der Waals surface area contributed by atoms with E-state index in [0.29, 0.717) is 12.1 Å². The number of rotatable bonds is 9. The molecule has 3 nitrogen and oxygen atoms in total. The first-order chi connectivity index (χ1) is 8.67. The number of hydrogen-bond acceptors (Lipinski definition) is 2. The Morgan fingerprint density at radius 3 is 2.67 bits per heavy atom. The van der Waals surface area contributed by atoms with E-state index in [9.17, 15) is 0 Å². The predicted molar refractivity (Wildman–Crippen MR) is 77.9 cm³/mol. The van der Waals surface area contributed by atoms with Crippen molar-refractivity contribution in [3.8, 4) is 0 Å². The van der Waals surface area contributed by atoms with E-state index in [0.717, 1.165) is 13.0 Å². The average molecular weight is 251 g/mol. The number of hydrogen-bond donors (Lipinski definition) is 1. The van der Waals surface area contributed by atoms with Gasteiger partial charge in [-0.2, -0.15) is 5.10 Å². The van der Waals surface area contributed by atoms with Crippen LogP contribution in [0.2, 0.25) is 0 Å². The van der Waals surface area contributed by atoms with Gasteiger partial charge in [0.2, 0.25) is 0 Å². The average Bonchev–Trinajstić information content (AvgIpc) is 2.82. The smallest absolute Gasteiger partial charge is 0.0624 e. The van der Waals surface area contributed by atoms with Gasteiger partial charge in [-0.15, -0.1) is 0 Å². The van der Waals surface area contributed by atoms with Crippen molar-refractivity contribution in [3.63, 3.8) is 0 Å². The lowest BCUT2D eigenvalue weighted by molar-refractivity contribution is 0.453. The molecule has 0 amide bonds. The van der Waals surface area contributed by atoms with Gasteiger partial charge in [0.15, 0.2) is 0 Å². The molecule has 3 heteroatoms. The minimum Gasteiger partial charge on any atom is -0.314 e. The van der Waals surface area contributed by atoms with E-state index >= 15 is 0 Å². The molecule has 1 aromatic rings. The molecule has 0 radical (unpaired) electrons. The minimum atomic E-state index is 0.466. The summed E-state index contributed by atoms with van der Waals surface area (Å²) >= 11 is 0. The Morgan fingerprint density at radius 1 is 1.33 bits per heavy atom. The highest BCUT2D eigenvalue weighted by molar-refractivity contribution is 4.99. The molecule has 1 aromatic heterocycles. The van der Waals surface area contributed by atoms with Crippen LogP contribution >= 0.6 is 0 Å². The summed E-state index contributed by atoms with van der Waals surface area (Å²) < 4.78 is 2.04. The number of nitrogens with zero attached hydrogens (tertiary/aromatic N) is 2. The van der Waals surface area contributed by atoms with Crippen molar-refractivity contribution in [2.75, 3.05) is 6.54 Å². The van der Waals surface area contributed by atoms with E-state index in [1.807, 2.05) is 4.68 Å². The molecule has 0 aliphatic rings. The molecular formula is C15H29N3. The van der Waals surface area contributed by atoms with Gasteiger partial charge < -0.3 is 5.32 Å². The Kier molecular flexibility index (Phi) is 7.02. The van der Waals surface area contributed by atoms with E-state index in [1.165, 1.54) is 31.4 Å². The zero-order chi connectivity index (χ0) is 13.4. The molecule has 1 rings (SSSR count). The Labute approximate surface area is 112 Å². The first-order valence-corrected chi connectivity index (χ1v) is 7.44. The summed E-state index contributed by atoms with van der Waals surface area (Å²) in [6, 6.07) is 3.30. The summed E-state index contributed by atoms with van der Waals surface area (Å²) in [5.41, 5.74) is 1.23. The van der Waals surface area contributed by atoms with Crippen LogP contribution in [0.15, 0.2) is 12.3 Å². The Morgan fingerprint density at radius 2 is 2.11 bits per heavy atom. The topological polar surface area (TPSA) is 29.9 Å². The lowest BCUT2D eigenvalue weighted by Gasteiger charge is -2.15. The first-order valence-electron chi connectivity index (χ1n) is 7.44. The highest BCUT2D eigenvalue weighted by Gasteiger charge is 2.06. The van der Waals surface area contributed by atoms with Crippen LogP contribution < -0.4 is 5.32 Å². The molecule has 0 fully saturated rings. The third-order valence-corrected chi connectivity index (χ3v) is 3.35. The van der Waals surface area contributed by atoms with E-state index < -0.39 is 0 Å². The molecule has 0 aromatic carbocycles.